The Kier molecular flexibility index (Phi) is 3.98. The van der Waals surface area contributed by atoms with Crippen molar-refractivity contribution in [3.8, 4) is 0 Å². The Bertz CT molecular complexity index is 125. The van der Waals surface area contributed by atoms with Gasteiger partial charge >= 0.3 is 0 Å². The Hall–Kier alpha value is -0.120. The van der Waals surface area contributed by atoms with Crippen LogP contribution in [0.1, 0.15) is 19.8 Å². The summed E-state index contributed by atoms with van der Waals surface area (Å²) in [6.45, 7) is 6.01. The van der Waals surface area contributed by atoms with Crippen LogP contribution in [0.25, 0.3) is 0 Å². The number of nitrogens with zero attached hydrogens (tertiary/aromatic N) is 1. The minimum absolute atomic E-state index is 0.572. The van der Waals surface area contributed by atoms with Gasteiger partial charge in [0, 0.05) is 25.7 Å². The average molecular weight is 171 g/mol. The third-order valence-electron chi connectivity index (χ3n) is 2.89. The summed E-state index contributed by atoms with van der Waals surface area (Å²) in [5, 5.41) is 0. The first-order valence-electron chi connectivity index (χ1n) is 4.93. The number of hydrogen-bond acceptors (Lipinski definition) is 3. The van der Waals surface area contributed by atoms with E-state index in [4.69, 9.17) is 11.5 Å². The first-order valence-corrected chi connectivity index (χ1v) is 4.93. The molecule has 2 unspecified atom stereocenters. The van der Waals surface area contributed by atoms with Crippen molar-refractivity contribution < 1.29 is 0 Å². The van der Waals surface area contributed by atoms with Crippen molar-refractivity contribution in [1.82, 2.24) is 4.90 Å². The molecule has 4 N–H and O–H groups in total. The van der Waals surface area contributed by atoms with Gasteiger partial charge in [-0.25, -0.2) is 0 Å². The molecule has 0 aromatic carbocycles. The second kappa shape index (κ2) is 4.80. The summed E-state index contributed by atoms with van der Waals surface area (Å²) in [4.78, 5) is 2.44. The molecule has 3 nitrogen and oxygen atoms in total. The lowest BCUT2D eigenvalue weighted by molar-refractivity contribution is 0.110. The molecule has 0 bridgehead atoms. The van der Waals surface area contributed by atoms with Gasteiger partial charge in [-0.3, -0.25) is 4.90 Å². The van der Waals surface area contributed by atoms with Crippen molar-refractivity contribution in [3.05, 3.63) is 0 Å². The van der Waals surface area contributed by atoms with Crippen LogP contribution in [-0.2, 0) is 0 Å². The van der Waals surface area contributed by atoms with Crippen LogP contribution in [-0.4, -0.2) is 37.1 Å². The molecule has 2 atom stereocenters. The van der Waals surface area contributed by atoms with Gasteiger partial charge in [-0.05, 0) is 25.3 Å². The van der Waals surface area contributed by atoms with Gasteiger partial charge in [0.05, 0.1) is 0 Å². The Labute approximate surface area is 75.1 Å². The Balaban J connectivity index is 2.45. The molecule has 3 heteroatoms. The molecule has 0 aliphatic carbocycles. The molecule has 12 heavy (non-hydrogen) atoms. The zero-order valence-electron chi connectivity index (χ0n) is 8.00. The molecular weight excluding hydrogens is 150 g/mol. The second-order valence-corrected chi connectivity index (χ2v) is 3.75. The molecule has 1 heterocycles. The van der Waals surface area contributed by atoms with Crippen molar-refractivity contribution in [3.63, 3.8) is 0 Å². The Morgan fingerprint density at radius 2 is 2.17 bits per heavy atom. The van der Waals surface area contributed by atoms with E-state index in [2.05, 4.69) is 11.8 Å². The molecule has 1 rings (SSSR count). The molecule has 72 valence electrons. The zero-order valence-corrected chi connectivity index (χ0v) is 8.00. The predicted octanol–water partition coefficient (Wildman–Crippen LogP) is 0.00430. The molecule has 1 aliphatic rings. The fourth-order valence-electron chi connectivity index (χ4n) is 2.16. The highest BCUT2D eigenvalue weighted by Gasteiger charge is 2.26. The lowest BCUT2D eigenvalue weighted by Gasteiger charge is -2.39. The largest absolute Gasteiger partial charge is 0.329 e. The van der Waals surface area contributed by atoms with Crippen molar-refractivity contribution >= 4 is 0 Å². The maximum absolute atomic E-state index is 5.73. The topological polar surface area (TPSA) is 55.3 Å². The molecule has 0 aromatic rings. The van der Waals surface area contributed by atoms with Gasteiger partial charge in [-0.15, -0.1) is 0 Å². The standard InChI is InChI=1S/C9H21N3/c1-8-3-2-5-12(6-4-10)9(8)7-11/h8-9H,2-7,10-11H2,1H3. The third-order valence-corrected chi connectivity index (χ3v) is 2.89. The molecule has 0 radical (unpaired) electrons. The SMILES string of the molecule is CC1CCCN(CCN)C1CN. The van der Waals surface area contributed by atoms with Crippen molar-refractivity contribution in [2.45, 2.75) is 25.8 Å². The third kappa shape index (κ3) is 2.19. The Morgan fingerprint density at radius 3 is 2.75 bits per heavy atom. The summed E-state index contributed by atoms with van der Waals surface area (Å²) in [5.41, 5.74) is 11.3. The normalized spacial score (nSPS) is 32.2. The maximum atomic E-state index is 5.73. The summed E-state index contributed by atoms with van der Waals surface area (Å²) >= 11 is 0. The van der Waals surface area contributed by atoms with E-state index in [1.54, 1.807) is 0 Å². The van der Waals surface area contributed by atoms with E-state index in [-0.39, 0.29) is 0 Å². The summed E-state index contributed by atoms with van der Waals surface area (Å²) in [5.74, 6) is 0.746. The first-order chi connectivity index (χ1) is 5.79. The van der Waals surface area contributed by atoms with Gasteiger partial charge in [-0.2, -0.15) is 0 Å². The van der Waals surface area contributed by atoms with Crippen LogP contribution in [0, 0.1) is 5.92 Å². The fourth-order valence-corrected chi connectivity index (χ4v) is 2.16. The molecule has 0 amide bonds. The van der Waals surface area contributed by atoms with E-state index in [0.717, 1.165) is 25.6 Å². The zero-order chi connectivity index (χ0) is 8.97. The second-order valence-electron chi connectivity index (χ2n) is 3.75. The summed E-state index contributed by atoms with van der Waals surface area (Å²) in [6.07, 6.45) is 2.63. The molecule has 0 saturated carbocycles. The van der Waals surface area contributed by atoms with Crippen LogP contribution in [0.2, 0.25) is 0 Å². The minimum Gasteiger partial charge on any atom is -0.329 e. The van der Waals surface area contributed by atoms with Gasteiger partial charge < -0.3 is 11.5 Å². The lowest BCUT2D eigenvalue weighted by atomic mass is 9.91. The highest BCUT2D eigenvalue weighted by atomic mass is 15.2. The van der Waals surface area contributed by atoms with Crippen molar-refractivity contribution in [2.24, 2.45) is 17.4 Å². The summed E-state index contributed by atoms with van der Waals surface area (Å²) < 4.78 is 0. The van der Waals surface area contributed by atoms with Crippen LogP contribution in [0.15, 0.2) is 0 Å². The number of nitrogens with two attached hydrogens (primary N) is 2. The van der Waals surface area contributed by atoms with Crippen LogP contribution < -0.4 is 11.5 Å². The molecule has 1 saturated heterocycles. The van der Waals surface area contributed by atoms with Gasteiger partial charge in [0.25, 0.3) is 0 Å². The average Bonchev–Trinajstić information content (AvgIpc) is 2.05. The van der Waals surface area contributed by atoms with E-state index in [1.807, 2.05) is 0 Å². The van der Waals surface area contributed by atoms with E-state index < -0.39 is 0 Å². The smallest absolute Gasteiger partial charge is 0.0244 e. The predicted molar refractivity (Wildman–Crippen MR) is 51.9 cm³/mol. The van der Waals surface area contributed by atoms with E-state index >= 15 is 0 Å². The number of hydrogen-bond donors (Lipinski definition) is 2. The van der Waals surface area contributed by atoms with Crippen LogP contribution in [0.5, 0.6) is 0 Å². The van der Waals surface area contributed by atoms with Crippen LogP contribution in [0.3, 0.4) is 0 Å². The fraction of sp³-hybridized carbons (Fsp3) is 1.00. The van der Waals surface area contributed by atoms with Crippen LogP contribution >= 0.6 is 0 Å². The molecule has 0 spiro atoms. The quantitative estimate of drug-likeness (QED) is 0.628. The molecule has 1 aliphatic heterocycles. The Morgan fingerprint density at radius 1 is 1.42 bits per heavy atom. The van der Waals surface area contributed by atoms with Crippen molar-refractivity contribution in [1.29, 1.82) is 0 Å². The highest BCUT2D eigenvalue weighted by molar-refractivity contribution is 4.82. The minimum atomic E-state index is 0.572. The highest BCUT2D eigenvalue weighted by Crippen LogP contribution is 2.21. The number of rotatable bonds is 3. The van der Waals surface area contributed by atoms with Gasteiger partial charge in [0.2, 0.25) is 0 Å². The van der Waals surface area contributed by atoms with E-state index in [0.29, 0.717) is 6.04 Å². The first kappa shape index (κ1) is 9.96. The number of likely N-dealkylation sites (tertiary alicyclic amines) is 1. The van der Waals surface area contributed by atoms with Crippen LogP contribution in [0.4, 0.5) is 0 Å². The summed E-state index contributed by atoms with van der Waals surface area (Å²) in [7, 11) is 0. The molecule has 0 aromatic heterocycles. The van der Waals surface area contributed by atoms with Gasteiger partial charge in [0.1, 0.15) is 0 Å². The van der Waals surface area contributed by atoms with Gasteiger partial charge in [-0.1, -0.05) is 6.92 Å². The molecular formula is C9H21N3. The van der Waals surface area contributed by atoms with Gasteiger partial charge in [0.15, 0.2) is 0 Å². The molecule has 1 fully saturated rings. The van der Waals surface area contributed by atoms with Crippen molar-refractivity contribution in [2.75, 3.05) is 26.2 Å². The lowest BCUT2D eigenvalue weighted by Crippen LogP contribution is -2.50. The van der Waals surface area contributed by atoms with E-state index in [1.165, 1.54) is 19.4 Å². The monoisotopic (exact) mass is 171 g/mol. The maximum Gasteiger partial charge on any atom is 0.0244 e. The van der Waals surface area contributed by atoms with E-state index in [9.17, 15) is 0 Å². The summed E-state index contributed by atoms with van der Waals surface area (Å²) in [6, 6.07) is 0.572. The number of piperidine rings is 1.